The van der Waals surface area contributed by atoms with Crippen LogP contribution in [0.4, 0.5) is 11.4 Å². The van der Waals surface area contributed by atoms with Crippen molar-refractivity contribution in [1.82, 2.24) is 5.32 Å². The molecular weight excluding hydrogens is 414 g/mol. The molecule has 1 aliphatic heterocycles. The molecule has 4 rings (SSSR count). The number of amidine groups is 1. The van der Waals surface area contributed by atoms with Gasteiger partial charge in [0.1, 0.15) is 11.5 Å². The normalized spacial score (nSPS) is 16.4. The second-order valence-electron chi connectivity index (χ2n) is 5.96. The Hall–Kier alpha value is -3.36. The Kier molecular flexibility index (Phi) is 5.20. The topological polar surface area (TPSA) is 97.7 Å². The summed E-state index contributed by atoms with van der Waals surface area (Å²) in [5.41, 5.74) is 1.39. The number of non-ortho nitro benzene ring substituents is 1. The standard InChI is InChI=1S/C20H12ClN3O4S/c21-13-3-5-14(6-4-13)22-20-23-19(25)18(29-20)11-16-9-10-17(28-16)12-1-7-15(8-2-12)24(26)27/h1-11H,(H,22,23,25)/b18-11-. The Labute approximate surface area is 174 Å². The highest BCUT2D eigenvalue weighted by Crippen LogP contribution is 2.30. The van der Waals surface area contributed by atoms with Crippen molar-refractivity contribution in [3.63, 3.8) is 0 Å². The summed E-state index contributed by atoms with van der Waals surface area (Å²) in [6.45, 7) is 0. The van der Waals surface area contributed by atoms with Crippen LogP contribution in [0.1, 0.15) is 5.76 Å². The molecule has 1 aliphatic rings. The van der Waals surface area contributed by atoms with Gasteiger partial charge in [0.15, 0.2) is 5.17 Å². The lowest BCUT2D eigenvalue weighted by molar-refractivity contribution is -0.384. The maximum Gasteiger partial charge on any atom is 0.269 e. The Morgan fingerprint density at radius 1 is 1.07 bits per heavy atom. The summed E-state index contributed by atoms with van der Waals surface area (Å²) in [5, 5.41) is 14.5. The van der Waals surface area contributed by atoms with E-state index in [4.69, 9.17) is 16.0 Å². The number of carbonyl (C=O) groups is 1. The van der Waals surface area contributed by atoms with Crippen LogP contribution in [0.15, 0.2) is 75.0 Å². The minimum atomic E-state index is -0.457. The van der Waals surface area contributed by atoms with Gasteiger partial charge in [0, 0.05) is 28.8 Å². The third kappa shape index (κ3) is 4.39. The van der Waals surface area contributed by atoms with E-state index in [-0.39, 0.29) is 11.6 Å². The summed E-state index contributed by atoms with van der Waals surface area (Å²) in [5.74, 6) is 0.768. The van der Waals surface area contributed by atoms with Crippen molar-refractivity contribution in [3.05, 3.63) is 86.5 Å². The predicted octanol–water partition coefficient (Wildman–Crippen LogP) is 5.40. The van der Waals surface area contributed by atoms with Crippen LogP contribution in [-0.4, -0.2) is 16.0 Å². The molecule has 1 amide bonds. The van der Waals surface area contributed by atoms with E-state index < -0.39 is 4.92 Å². The van der Waals surface area contributed by atoms with Crippen molar-refractivity contribution in [3.8, 4) is 11.3 Å². The highest BCUT2D eigenvalue weighted by Gasteiger charge is 2.24. The number of nitrogens with zero attached hydrogens (tertiary/aromatic N) is 2. The molecule has 0 unspecified atom stereocenters. The summed E-state index contributed by atoms with van der Waals surface area (Å²) in [7, 11) is 0. The van der Waals surface area contributed by atoms with Crippen molar-refractivity contribution in [2.45, 2.75) is 0 Å². The lowest BCUT2D eigenvalue weighted by Gasteiger charge is -1.96. The number of furan rings is 1. The molecule has 0 aliphatic carbocycles. The first-order chi connectivity index (χ1) is 14.0. The SMILES string of the molecule is O=C1NC(=Nc2ccc(Cl)cc2)S/C1=C\c1ccc(-c2ccc([N+](=O)[O-])cc2)o1. The molecule has 1 N–H and O–H groups in total. The van der Waals surface area contributed by atoms with Crippen molar-refractivity contribution >= 4 is 51.9 Å². The number of hydrogen-bond donors (Lipinski definition) is 1. The Morgan fingerprint density at radius 3 is 2.48 bits per heavy atom. The molecule has 1 saturated heterocycles. The van der Waals surface area contributed by atoms with Gasteiger partial charge in [-0.1, -0.05) is 11.6 Å². The van der Waals surface area contributed by atoms with Crippen LogP contribution in [0, 0.1) is 10.1 Å². The molecule has 0 atom stereocenters. The van der Waals surface area contributed by atoms with Gasteiger partial charge in [0.25, 0.3) is 11.6 Å². The molecule has 0 bridgehead atoms. The van der Waals surface area contributed by atoms with E-state index in [1.807, 2.05) is 0 Å². The molecule has 0 spiro atoms. The van der Waals surface area contributed by atoms with E-state index >= 15 is 0 Å². The molecular formula is C20H12ClN3O4S. The maximum absolute atomic E-state index is 12.2. The van der Waals surface area contributed by atoms with Gasteiger partial charge < -0.3 is 9.73 Å². The number of nitrogens with one attached hydrogen (secondary N) is 1. The summed E-state index contributed by atoms with van der Waals surface area (Å²) in [6.07, 6.45) is 1.62. The van der Waals surface area contributed by atoms with E-state index in [0.29, 0.717) is 37.9 Å². The van der Waals surface area contributed by atoms with Gasteiger partial charge in [-0.3, -0.25) is 14.9 Å². The van der Waals surface area contributed by atoms with Gasteiger partial charge in [-0.2, -0.15) is 0 Å². The van der Waals surface area contributed by atoms with Crippen LogP contribution < -0.4 is 5.32 Å². The number of carbonyl (C=O) groups excluding carboxylic acids is 1. The van der Waals surface area contributed by atoms with Crippen LogP contribution >= 0.6 is 23.4 Å². The largest absolute Gasteiger partial charge is 0.457 e. The fourth-order valence-corrected chi connectivity index (χ4v) is 3.52. The molecule has 3 aromatic rings. The summed E-state index contributed by atoms with van der Waals surface area (Å²) < 4.78 is 5.75. The van der Waals surface area contributed by atoms with E-state index in [9.17, 15) is 14.9 Å². The zero-order chi connectivity index (χ0) is 20.4. The molecule has 2 aromatic carbocycles. The van der Waals surface area contributed by atoms with Gasteiger partial charge in [0.2, 0.25) is 0 Å². The Balaban J connectivity index is 1.52. The zero-order valence-electron chi connectivity index (χ0n) is 14.7. The van der Waals surface area contributed by atoms with E-state index in [1.54, 1.807) is 54.6 Å². The molecule has 1 fully saturated rings. The second-order valence-corrected chi connectivity index (χ2v) is 7.43. The fourth-order valence-electron chi connectivity index (χ4n) is 2.58. The van der Waals surface area contributed by atoms with Crippen LogP contribution in [0.3, 0.4) is 0 Å². The number of halogens is 1. The maximum atomic E-state index is 12.2. The third-order valence-electron chi connectivity index (χ3n) is 3.97. The van der Waals surface area contributed by atoms with Crippen LogP contribution in [0.25, 0.3) is 17.4 Å². The van der Waals surface area contributed by atoms with Crippen molar-refractivity contribution in [2.75, 3.05) is 0 Å². The predicted molar refractivity (Wildman–Crippen MR) is 113 cm³/mol. The fraction of sp³-hybridized carbons (Fsp3) is 0. The van der Waals surface area contributed by atoms with E-state index in [1.165, 1.54) is 23.9 Å². The number of amides is 1. The zero-order valence-corrected chi connectivity index (χ0v) is 16.2. The van der Waals surface area contributed by atoms with Crippen LogP contribution in [0.5, 0.6) is 0 Å². The lowest BCUT2D eigenvalue weighted by atomic mass is 10.1. The quantitative estimate of drug-likeness (QED) is 0.343. The average Bonchev–Trinajstić information content (AvgIpc) is 3.31. The number of aliphatic imine (C=N–C) groups is 1. The van der Waals surface area contributed by atoms with Gasteiger partial charge in [0.05, 0.1) is 15.5 Å². The number of hydrogen-bond acceptors (Lipinski definition) is 6. The van der Waals surface area contributed by atoms with Crippen LogP contribution in [-0.2, 0) is 4.79 Å². The molecule has 29 heavy (non-hydrogen) atoms. The van der Waals surface area contributed by atoms with Crippen LogP contribution in [0.2, 0.25) is 5.02 Å². The summed E-state index contributed by atoms with van der Waals surface area (Å²) in [6, 6.07) is 16.5. The Morgan fingerprint density at radius 2 is 1.79 bits per heavy atom. The number of thioether (sulfide) groups is 1. The minimum Gasteiger partial charge on any atom is -0.457 e. The highest BCUT2D eigenvalue weighted by molar-refractivity contribution is 8.18. The number of benzene rings is 2. The number of nitro benzene ring substituents is 1. The summed E-state index contributed by atoms with van der Waals surface area (Å²) in [4.78, 5) is 27.3. The minimum absolute atomic E-state index is 0.00850. The van der Waals surface area contributed by atoms with Crippen molar-refractivity contribution < 1.29 is 14.1 Å². The average molecular weight is 426 g/mol. The van der Waals surface area contributed by atoms with Crippen molar-refractivity contribution in [1.29, 1.82) is 0 Å². The molecule has 0 radical (unpaired) electrons. The first kappa shape index (κ1) is 19.0. The van der Waals surface area contributed by atoms with E-state index in [2.05, 4.69) is 10.3 Å². The smallest absolute Gasteiger partial charge is 0.269 e. The lowest BCUT2D eigenvalue weighted by Crippen LogP contribution is -2.19. The highest BCUT2D eigenvalue weighted by atomic mass is 35.5. The van der Waals surface area contributed by atoms with E-state index in [0.717, 1.165) is 0 Å². The number of rotatable bonds is 4. The van der Waals surface area contributed by atoms with Gasteiger partial charge in [-0.25, -0.2) is 4.99 Å². The van der Waals surface area contributed by atoms with Crippen molar-refractivity contribution in [2.24, 2.45) is 4.99 Å². The first-order valence-corrected chi connectivity index (χ1v) is 9.57. The second kappa shape index (κ2) is 7.94. The molecule has 0 saturated carbocycles. The monoisotopic (exact) mass is 425 g/mol. The summed E-state index contributed by atoms with van der Waals surface area (Å²) >= 11 is 7.07. The number of nitro groups is 1. The first-order valence-electron chi connectivity index (χ1n) is 8.38. The van der Waals surface area contributed by atoms with Gasteiger partial charge in [-0.05, 0) is 60.3 Å². The molecule has 2 heterocycles. The molecule has 9 heteroatoms. The third-order valence-corrected chi connectivity index (χ3v) is 5.13. The molecule has 144 valence electrons. The molecule has 1 aromatic heterocycles. The molecule has 7 nitrogen and oxygen atoms in total. The Bertz CT molecular complexity index is 1150. The van der Waals surface area contributed by atoms with Gasteiger partial charge >= 0.3 is 0 Å². The van der Waals surface area contributed by atoms with Gasteiger partial charge in [-0.15, -0.1) is 0 Å².